The van der Waals surface area contributed by atoms with Crippen molar-refractivity contribution < 1.29 is 5.21 Å². The third-order valence-corrected chi connectivity index (χ3v) is 5.53. The summed E-state index contributed by atoms with van der Waals surface area (Å²) in [6.07, 6.45) is 7.47. The van der Waals surface area contributed by atoms with Crippen molar-refractivity contribution in [2.45, 2.75) is 37.0 Å². The maximum absolute atomic E-state index is 8.83. The molecule has 1 aromatic carbocycles. The topological polar surface area (TPSA) is 70.6 Å². The highest BCUT2D eigenvalue weighted by Gasteiger charge is 2.32. The first kappa shape index (κ1) is 15.2. The van der Waals surface area contributed by atoms with Crippen LogP contribution in [0.4, 0.5) is 0 Å². The fourth-order valence-corrected chi connectivity index (χ4v) is 3.82. The molecule has 20 heavy (non-hydrogen) atoms. The summed E-state index contributed by atoms with van der Waals surface area (Å²) in [4.78, 5) is 0. The second-order valence-corrected chi connectivity index (χ2v) is 6.61. The zero-order valence-electron chi connectivity index (χ0n) is 11.9. The van der Waals surface area contributed by atoms with Crippen molar-refractivity contribution in [3.8, 4) is 0 Å². The summed E-state index contributed by atoms with van der Waals surface area (Å²) in [5.41, 5.74) is 7.57. The first-order valence-corrected chi connectivity index (χ1v) is 8.25. The lowest BCUT2D eigenvalue weighted by molar-refractivity contribution is 0.318. The third kappa shape index (κ3) is 3.46. The summed E-state index contributed by atoms with van der Waals surface area (Å²) >= 11 is 1.98. The van der Waals surface area contributed by atoms with Gasteiger partial charge in [0, 0.05) is 23.4 Å². The Hall–Kier alpha value is -1.20. The molecule has 110 valence electrons. The largest absolute Gasteiger partial charge is 0.409 e. The fourth-order valence-electron chi connectivity index (χ4n) is 2.88. The van der Waals surface area contributed by atoms with Crippen molar-refractivity contribution in [1.82, 2.24) is 5.32 Å². The lowest BCUT2D eigenvalue weighted by atomic mass is 10.1. The molecule has 2 rings (SSSR count). The number of nitrogens with two attached hydrogens (primary N) is 1. The fraction of sp³-hybridized carbons (Fsp3) is 0.533. The van der Waals surface area contributed by atoms with Crippen LogP contribution in [0.3, 0.4) is 0 Å². The number of oxime groups is 1. The van der Waals surface area contributed by atoms with Crippen LogP contribution < -0.4 is 11.1 Å². The predicted molar refractivity (Wildman–Crippen MR) is 85.4 cm³/mol. The molecule has 4 nitrogen and oxygen atoms in total. The molecule has 0 saturated heterocycles. The van der Waals surface area contributed by atoms with Crippen LogP contribution in [0.5, 0.6) is 0 Å². The maximum atomic E-state index is 8.83. The van der Waals surface area contributed by atoms with E-state index in [4.69, 9.17) is 10.9 Å². The van der Waals surface area contributed by atoms with E-state index in [0.29, 0.717) is 4.75 Å². The van der Waals surface area contributed by atoms with Gasteiger partial charge in [-0.1, -0.05) is 42.3 Å². The number of thioether (sulfide) groups is 1. The van der Waals surface area contributed by atoms with E-state index in [1.807, 2.05) is 36.0 Å². The number of rotatable bonds is 6. The quantitative estimate of drug-likeness (QED) is 0.326. The highest BCUT2D eigenvalue weighted by molar-refractivity contribution is 8.00. The second-order valence-electron chi connectivity index (χ2n) is 5.34. The smallest absolute Gasteiger partial charge is 0.170 e. The van der Waals surface area contributed by atoms with Crippen molar-refractivity contribution in [2.24, 2.45) is 10.9 Å². The van der Waals surface area contributed by atoms with Crippen LogP contribution in [0.2, 0.25) is 0 Å². The van der Waals surface area contributed by atoms with Gasteiger partial charge in [0.2, 0.25) is 0 Å². The Kier molecular flexibility index (Phi) is 5.31. The van der Waals surface area contributed by atoms with Crippen molar-refractivity contribution in [1.29, 1.82) is 0 Å². The zero-order valence-corrected chi connectivity index (χ0v) is 12.7. The highest BCUT2D eigenvalue weighted by atomic mass is 32.2. The summed E-state index contributed by atoms with van der Waals surface area (Å²) in [5.74, 6) is 0.169. The molecule has 5 heteroatoms. The van der Waals surface area contributed by atoms with Gasteiger partial charge >= 0.3 is 0 Å². The van der Waals surface area contributed by atoms with Gasteiger partial charge in [-0.15, -0.1) is 0 Å². The van der Waals surface area contributed by atoms with E-state index >= 15 is 0 Å². The van der Waals surface area contributed by atoms with Gasteiger partial charge in [-0.25, -0.2) is 0 Å². The van der Waals surface area contributed by atoms with Gasteiger partial charge in [0.15, 0.2) is 5.84 Å². The molecule has 1 aliphatic rings. The Morgan fingerprint density at radius 3 is 2.75 bits per heavy atom. The summed E-state index contributed by atoms with van der Waals surface area (Å²) in [5, 5.41) is 15.5. The van der Waals surface area contributed by atoms with E-state index in [9.17, 15) is 0 Å². The van der Waals surface area contributed by atoms with Crippen molar-refractivity contribution in [3.63, 3.8) is 0 Å². The lowest BCUT2D eigenvalue weighted by Gasteiger charge is -2.27. The summed E-state index contributed by atoms with van der Waals surface area (Å²) in [6, 6.07) is 7.77. The van der Waals surface area contributed by atoms with Crippen LogP contribution in [0.25, 0.3) is 0 Å². The number of amidine groups is 1. The Bertz CT molecular complexity index is 470. The van der Waals surface area contributed by atoms with Crippen molar-refractivity contribution in [2.75, 3.05) is 12.8 Å². The molecule has 0 spiro atoms. The Morgan fingerprint density at radius 1 is 1.40 bits per heavy atom. The van der Waals surface area contributed by atoms with Gasteiger partial charge in [-0.2, -0.15) is 11.8 Å². The molecule has 0 aliphatic heterocycles. The molecule has 0 heterocycles. The number of nitrogens with zero attached hydrogens (tertiary/aromatic N) is 1. The average molecular weight is 293 g/mol. The van der Waals surface area contributed by atoms with Gasteiger partial charge in [-0.05, 0) is 24.7 Å². The van der Waals surface area contributed by atoms with Gasteiger partial charge in [0.05, 0.1) is 0 Å². The number of benzene rings is 1. The minimum absolute atomic E-state index is 0.169. The molecule has 1 aliphatic carbocycles. The molecule has 1 fully saturated rings. The molecular formula is C15H23N3OS. The second kappa shape index (κ2) is 6.99. The van der Waals surface area contributed by atoms with E-state index in [1.54, 1.807) is 0 Å². The van der Waals surface area contributed by atoms with Gasteiger partial charge < -0.3 is 16.3 Å². The van der Waals surface area contributed by atoms with Crippen LogP contribution in [-0.4, -0.2) is 28.6 Å². The molecule has 1 saturated carbocycles. The lowest BCUT2D eigenvalue weighted by Crippen LogP contribution is -2.35. The summed E-state index contributed by atoms with van der Waals surface area (Å²) < 4.78 is 0.394. The van der Waals surface area contributed by atoms with Gasteiger partial charge in [0.1, 0.15) is 0 Å². The molecule has 0 unspecified atom stereocenters. The predicted octanol–water partition coefficient (Wildman–Crippen LogP) is 2.55. The first-order valence-electron chi connectivity index (χ1n) is 7.02. The van der Waals surface area contributed by atoms with Gasteiger partial charge in [0.25, 0.3) is 0 Å². The SMILES string of the molecule is CSC1(CNCc2ccccc2/C(N)=N/O)CCCC1. The molecule has 0 bridgehead atoms. The number of nitrogens with one attached hydrogen (secondary N) is 1. The van der Waals surface area contributed by atoms with E-state index in [0.717, 1.165) is 24.2 Å². The minimum atomic E-state index is 0.169. The number of hydrogen-bond donors (Lipinski definition) is 3. The third-order valence-electron chi connectivity index (χ3n) is 4.11. The Morgan fingerprint density at radius 2 is 2.10 bits per heavy atom. The molecule has 4 N–H and O–H groups in total. The average Bonchev–Trinajstić information content (AvgIpc) is 2.96. The monoisotopic (exact) mass is 293 g/mol. The van der Waals surface area contributed by atoms with E-state index in [1.165, 1.54) is 25.7 Å². The molecular weight excluding hydrogens is 270 g/mol. The highest BCUT2D eigenvalue weighted by Crippen LogP contribution is 2.39. The molecule has 0 radical (unpaired) electrons. The number of hydrogen-bond acceptors (Lipinski definition) is 4. The van der Waals surface area contributed by atoms with Crippen LogP contribution >= 0.6 is 11.8 Å². The normalized spacial score (nSPS) is 18.4. The first-order chi connectivity index (χ1) is 9.71. The van der Waals surface area contributed by atoms with Crippen molar-refractivity contribution in [3.05, 3.63) is 35.4 Å². The Labute approximate surface area is 124 Å². The van der Waals surface area contributed by atoms with E-state index < -0.39 is 0 Å². The standard InChI is InChI=1S/C15H23N3OS/c1-20-15(8-4-5-9-15)11-17-10-12-6-2-3-7-13(12)14(16)18-19/h2-3,6-7,17,19H,4-5,8-11H2,1H3,(H2,16,18). The van der Waals surface area contributed by atoms with Crippen LogP contribution in [-0.2, 0) is 6.54 Å². The minimum Gasteiger partial charge on any atom is -0.409 e. The Balaban J connectivity index is 1.97. The van der Waals surface area contributed by atoms with Crippen LogP contribution in [0.15, 0.2) is 29.4 Å². The van der Waals surface area contributed by atoms with Crippen LogP contribution in [0.1, 0.15) is 36.8 Å². The molecule has 0 atom stereocenters. The zero-order chi connectivity index (χ0) is 14.4. The molecule has 0 aromatic heterocycles. The maximum Gasteiger partial charge on any atom is 0.170 e. The summed E-state index contributed by atoms with van der Waals surface area (Å²) in [6.45, 7) is 1.76. The van der Waals surface area contributed by atoms with E-state index in [-0.39, 0.29) is 5.84 Å². The molecule has 1 aromatic rings. The van der Waals surface area contributed by atoms with E-state index in [2.05, 4.69) is 16.7 Å². The molecule has 0 amide bonds. The van der Waals surface area contributed by atoms with Crippen molar-refractivity contribution >= 4 is 17.6 Å². The van der Waals surface area contributed by atoms with Gasteiger partial charge in [-0.3, -0.25) is 0 Å². The van der Waals surface area contributed by atoms with Crippen LogP contribution in [0, 0.1) is 0 Å². The summed E-state index contributed by atoms with van der Waals surface area (Å²) in [7, 11) is 0.